The maximum absolute atomic E-state index is 12.6. The van der Waals surface area contributed by atoms with Crippen molar-refractivity contribution in [2.75, 3.05) is 51.9 Å². The van der Waals surface area contributed by atoms with E-state index in [4.69, 9.17) is 30.1 Å². The van der Waals surface area contributed by atoms with Crippen LogP contribution in [-0.4, -0.2) is 151 Å². The zero-order chi connectivity index (χ0) is 36.6. The van der Waals surface area contributed by atoms with E-state index in [-0.39, 0.29) is 57.0 Å². The van der Waals surface area contributed by atoms with Gasteiger partial charge in [-0.25, -0.2) is 14.4 Å². The number of aliphatic carboxylic acids is 1. The average molecular weight is 733 g/mol. The minimum atomic E-state index is -1.75. The number of alkyl carbamates (subject to hydrolysis) is 1. The number of rotatable bonds is 21. The van der Waals surface area contributed by atoms with E-state index >= 15 is 0 Å². The zero-order valence-electron chi connectivity index (χ0n) is 27.7. The number of amides is 5. The van der Waals surface area contributed by atoms with E-state index in [9.17, 15) is 39.3 Å². The molecule has 3 aliphatic rings. The third-order valence-corrected chi connectivity index (χ3v) is 9.42. The summed E-state index contributed by atoms with van der Waals surface area (Å²) in [5.41, 5.74) is 5.42. The number of guanidine groups is 1. The highest BCUT2D eigenvalue weighted by atomic mass is 32.2. The number of urea groups is 1. The van der Waals surface area contributed by atoms with Crippen molar-refractivity contribution in [1.82, 2.24) is 31.9 Å². The molecule has 0 aromatic rings. The number of fused-ring (bicyclic) bond motifs is 1. The van der Waals surface area contributed by atoms with E-state index in [0.717, 1.165) is 31.1 Å². The monoisotopic (exact) mass is 732 g/mol. The third kappa shape index (κ3) is 13.0. The van der Waals surface area contributed by atoms with Gasteiger partial charge >= 0.3 is 18.1 Å². The first-order valence-electron chi connectivity index (χ1n) is 16.2. The van der Waals surface area contributed by atoms with Crippen LogP contribution in [0.5, 0.6) is 0 Å². The average Bonchev–Trinajstić information content (AvgIpc) is 3.61. The van der Waals surface area contributed by atoms with Crippen molar-refractivity contribution in [3.05, 3.63) is 11.8 Å². The van der Waals surface area contributed by atoms with Gasteiger partial charge in [-0.2, -0.15) is 11.8 Å². The summed E-state index contributed by atoms with van der Waals surface area (Å²) < 4.78 is 21.6. The molecule has 8 atom stereocenters. The maximum Gasteiger partial charge on any atom is 0.407 e. The van der Waals surface area contributed by atoms with Gasteiger partial charge in [0, 0.05) is 37.4 Å². The smallest absolute Gasteiger partial charge is 0.407 e. The van der Waals surface area contributed by atoms with Crippen LogP contribution in [0.25, 0.3) is 0 Å². The van der Waals surface area contributed by atoms with Gasteiger partial charge in [0.1, 0.15) is 6.10 Å². The van der Waals surface area contributed by atoms with Crippen molar-refractivity contribution in [3.8, 4) is 0 Å². The van der Waals surface area contributed by atoms with Crippen molar-refractivity contribution in [2.45, 2.75) is 80.3 Å². The molecule has 2 saturated heterocycles. The fourth-order valence-corrected chi connectivity index (χ4v) is 7.19. The molecule has 0 saturated carbocycles. The number of carboxylic acids is 1. The normalized spacial score (nSPS) is 25.0. The Morgan fingerprint density at radius 2 is 1.80 bits per heavy atom. The molecule has 3 rings (SSSR count). The first-order chi connectivity index (χ1) is 23.9. The fourth-order valence-electron chi connectivity index (χ4n) is 5.65. The Morgan fingerprint density at radius 3 is 2.44 bits per heavy atom. The number of aliphatic hydroxyl groups excluding tert-OH is 2. The van der Waals surface area contributed by atoms with Crippen LogP contribution < -0.4 is 37.6 Å². The van der Waals surface area contributed by atoms with Gasteiger partial charge in [0.15, 0.2) is 18.2 Å². The van der Waals surface area contributed by atoms with E-state index < -0.39 is 66.7 Å². The highest BCUT2D eigenvalue weighted by Gasteiger charge is 2.46. The Labute approximate surface area is 292 Å². The lowest BCUT2D eigenvalue weighted by Gasteiger charge is -2.41. The summed E-state index contributed by atoms with van der Waals surface area (Å²) in [6.07, 6.45) is -1.94. The van der Waals surface area contributed by atoms with Gasteiger partial charge in [0.25, 0.3) is 0 Å². The van der Waals surface area contributed by atoms with E-state index in [0.29, 0.717) is 18.2 Å². The molecule has 20 nitrogen and oxygen atoms in total. The van der Waals surface area contributed by atoms with Crippen molar-refractivity contribution in [1.29, 1.82) is 5.41 Å². The van der Waals surface area contributed by atoms with Gasteiger partial charge in [0.2, 0.25) is 17.6 Å². The number of carbonyl (C=O) groups excluding carboxylic acids is 4. The summed E-state index contributed by atoms with van der Waals surface area (Å²) in [7, 11) is 0. The number of nitrogens with two attached hydrogens (primary N) is 1. The molecule has 0 aliphatic carbocycles. The summed E-state index contributed by atoms with van der Waals surface area (Å²) in [6, 6.07) is -2.05. The number of thioether (sulfide) groups is 1. The van der Waals surface area contributed by atoms with Crippen molar-refractivity contribution >= 4 is 47.6 Å². The maximum atomic E-state index is 12.6. The highest BCUT2D eigenvalue weighted by molar-refractivity contribution is 8.00. The van der Waals surface area contributed by atoms with Crippen molar-refractivity contribution in [2.24, 2.45) is 5.73 Å². The molecule has 3 aliphatic heterocycles. The van der Waals surface area contributed by atoms with E-state index in [1.165, 1.54) is 6.92 Å². The molecule has 0 bridgehead atoms. The lowest BCUT2D eigenvalue weighted by atomic mass is 9.92. The second kappa shape index (κ2) is 20.6. The molecule has 12 N–H and O–H groups in total. The first-order valence-corrected chi connectivity index (χ1v) is 17.3. The Hall–Kier alpha value is -4.05. The Morgan fingerprint density at radius 1 is 1.10 bits per heavy atom. The Bertz CT molecular complexity index is 1230. The number of nitrogens with one attached hydrogen (secondary N) is 7. The van der Waals surface area contributed by atoms with Crippen LogP contribution in [0.1, 0.15) is 32.6 Å². The predicted octanol–water partition coefficient (Wildman–Crippen LogP) is -2.97. The number of aliphatic hydroxyl groups is 2. The molecule has 21 heteroatoms. The number of unbranched alkanes of at least 4 members (excludes halogenated alkanes) is 1. The summed E-state index contributed by atoms with van der Waals surface area (Å²) in [5, 5.41) is 53.6. The van der Waals surface area contributed by atoms with Gasteiger partial charge in [-0.3, -0.25) is 15.0 Å². The van der Waals surface area contributed by atoms with E-state index in [1.807, 2.05) is 11.8 Å². The van der Waals surface area contributed by atoms with E-state index in [1.54, 1.807) is 0 Å². The fraction of sp³-hybridized carbons (Fsp3) is 0.724. The minimum absolute atomic E-state index is 0.0293. The van der Waals surface area contributed by atoms with Gasteiger partial charge in [-0.15, -0.1) is 0 Å². The summed E-state index contributed by atoms with van der Waals surface area (Å²) in [5.74, 6) is -2.44. The largest absolute Gasteiger partial charge is 0.477 e. The van der Waals surface area contributed by atoms with Crippen LogP contribution in [0.15, 0.2) is 11.8 Å². The molecule has 50 heavy (non-hydrogen) atoms. The van der Waals surface area contributed by atoms with Gasteiger partial charge in [-0.1, -0.05) is 6.42 Å². The number of carboxylic acid groups (broad SMARTS) is 1. The lowest BCUT2D eigenvalue weighted by Crippen LogP contribution is -2.65. The van der Waals surface area contributed by atoms with Crippen LogP contribution >= 0.6 is 11.8 Å². The molecule has 5 amide bonds. The molecule has 0 aromatic carbocycles. The number of carbonyl (C=O) groups is 5. The van der Waals surface area contributed by atoms with Crippen LogP contribution in [0, 0.1) is 5.41 Å². The van der Waals surface area contributed by atoms with E-state index in [2.05, 4.69) is 31.9 Å². The van der Waals surface area contributed by atoms with Crippen LogP contribution in [-0.2, 0) is 33.3 Å². The molecule has 0 unspecified atom stereocenters. The van der Waals surface area contributed by atoms with Crippen molar-refractivity contribution in [3.63, 3.8) is 0 Å². The standard InChI is InChI=1S/C29H48N8O12S/c1-15(39)34-23-16(35-27(30)31)12-19(26(42)43)48-25(23)24(18(40)13-38)49-29(45)33-7-9-47-11-10-46-8-6-32-21(41)5-3-2-4-20-22-17(14-50-20)36-28(44)37-22/h12,16-18,20,22-25,38,40H,2-11,13-14H2,1H3,(H,32,41)(H,33,45)(H,34,39)(H,42,43)(H4,30,31,35)(H2,36,37,44)/t16-,17-,18+,20-,22-,23+,24+,25+/m0/s1. The molecule has 0 spiro atoms. The van der Waals surface area contributed by atoms with Gasteiger partial charge in [0.05, 0.1) is 57.2 Å². The molecule has 282 valence electrons. The zero-order valence-corrected chi connectivity index (χ0v) is 28.5. The highest BCUT2D eigenvalue weighted by Crippen LogP contribution is 2.33. The molecular weight excluding hydrogens is 684 g/mol. The first kappa shape index (κ1) is 40.4. The summed E-state index contributed by atoms with van der Waals surface area (Å²) in [4.78, 5) is 59.8. The topological polar surface area (TPSA) is 305 Å². The number of hydrogen-bond donors (Lipinski definition) is 11. The van der Waals surface area contributed by atoms with Crippen LogP contribution in [0.3, 0.4) is 0 Å². The van der Waals surface area contributed by atoms with Gasteiger partial charge in [-0.05, 0) is 18.9 Å². The molecule has 3 heterocycles. The molecular formula is C29H48N8O12S. The summed E-state index contributed by atoms with van der Waals surface area (Å²) in [6.45, 7) is 1.33. The van der Waals surface area contributed by atoms with Crippen LogP contribution in [0.2, 0.25) is 0 Å². The number of ether oxygens (including phenoxy) is 4. The summed E-state index contributed by atoms with van der Waals surface area (Å²) >= 11 is 1.85. The molecule has 0 aromatic heterocycles. The quantitative estimate of drug-likeness (QED) is 0.0243. The van der Waals surface area contributed by atoms with Crippen molar-refractivity contribution < 1.29 is 58.2 Å². The second-order valence-electron chi connectivity index (χ2n) is 11.7. The number of hydrogen-bond acceptors (Lipinski definition) is 13. The minimum Gasteiger partial charge on any atom is -0.477 e. The molecule has 2 fully saturated rings. The SMILES string of the molecule is CC(=O)N[C@H]1[C@H]([C@H](OC(=O)NCCOCCOCCNC(=O)CCCC[C@@H]2SC[C@@H]3NC(=O)N[C@@H]32)[C@H](O)CO)OC(C(=O)O)=C[C@@H]1NC(=N)N. The second-order valence-corrected chi connectivity index (χ2v) is 13.0. The van der Waals surface area contributed by atoms with Gasteiger partial charge < -0.3 is 71.9 Å². The lowest BCUT2D eigenvalue weighted by molar-refractivity contribution is -0.146. The Balaban J connectivity index is 1.29. The molecule has 0 radical (unpaired) electrons. The van der Waals surface area contributed by atoms with Crippen LogP contribution in [0.4, 0.5) is 9.59 Å². The predicted molar refractivity (Wildman–Crippen MR) is 177 cm³/mol. The Kier molecular flexibility index (Phi) is 16.6. The third-order valence-electron chi connectivity index (χ3n) is 7.91.